The molecule has 1 N–H and O–H groups in total. The van der Waals surface area contributed by atoms with E-state index >= 15 is 0 Å². The highest BCUT2D eigenvalue weighted by Gasteiger charge is 2.44. The summed E-state index contributed by atoms with van der Waals surface area (Å²) in [4.78, 5) is 13.4. The maximum atomic E-state index is 5.51. The maximum Gasteiger partial charge on any atom is 0.259 e. The van der Waals surface area contributed by atoms with Crippen LogP contribution < -0.4 is 5.32 Å². The first-order valence-electron chi connectivity index (χ1n) is 8.32. The minimum Gasteiger partial charge on any atom is -0.373 e. The Bertz CT molecular complexity index is 879. The largest absolute Gasteiger partial charge is 0.373 e. The molecule has 6 heteroatoms. The van der Waals surface area contributed by atoms with Gasteiger partial charge in [-0.05, 0) is 42.7 Å². The zero-order valence-corrected chi connectivity index (χ0v) is 14.1. The average Bonchev–Trinajstić information content (AvgIpc) is 3.12. The molecule has 126 valence electrons. The fourth-order valence-corrected chi connectivity index (χ4v) is 3.18. The van der Waals surface area contributed by atoms with Crippen molar-refractivity contribution in [2.24, 2.45) is 0 Å². The summed E-state index contributed by atoms with van der Waals surface area (Å²) in [5.74, 6) is 2.01. The zero-order chi connectivity index (χ0) is 17.3. The van der Waals surface area contributed by atoms with Crippen LogP contribution in [0.5, 0.6) is 0 Å². The molecule has 1 aliphatic carbocycles. The van der Waals surface area contributed by atoms with E-state index in [9.17, 15) is 0 Å². The SMILES string of the molecule is C=Cc1ccc(C2(c3noc(-c4ccc(NC)nc4)n3)CCC2)cn1. The molecule has 0 radical (unpaired) electrons. The third-order valence-electron chi connectivity index (χ3n) is 4.88. The van der Waals surface area contributed by atoms with Crippen LogP contribution in [0.3, 0.4) is 0 Å². The van der Waals surface area contributed by atoms with Gasteiger partial charge in [-0.25, -0.2) is 4.98 Å². The summed E-state index contributed by atoms with van der Waals surface area (Å²) < 4.78 is 5.51. The van der Waals surface area contributed by atoms with E-state index in [0.717, 1.165) is 47.7 Å². The standard InChI is InChI=1S/C19H19N5O/c1-3-15-7-6-14(12-21-15)19(9-4-10-19)18-23-17(25-24-18)13-5-8-16(20-2)22-11-13/h3,5-8,11-12H,1,4,9-10H2,2H3,(H,20,22). The number of hydrogen-bond donors (Lipinski definition) is 1. The second kappa shape index (κ2) is 6.12. The van der Waals surface area contributed by atoms with Crippen molar-refractivity contribution in [3.05, 3.63) is 60.3 Å². The zero-order valence-electron chi connectivity index (χ0n) is 14.1. The van der Waals surface area contributed by atoms with Crippen molar-refractivity contribution < 1.29 is 4.52 Å². The summed E-state index contributed by atoms with van der Waals surface area (Å²) in [7, 11) is 1.83. The monoisotopic (exact) mass is 333 g/mol. The van der Waals surface area contributed by atoms with E-state index in [1.54, 1.807) is 12.3 Å². The van der Waals surface area contributed by atoms with Gasteiger partial charge in [-0.2, -0.15) is 4.98 Å². The van der Waals surface area contributed by atoms with Crippen LogP contribution in [0.1, 0.15) is 36.3 Å². The molecule has 0 aromatic carbocycles. The lowest BCUT2D eigenvalue weighted by Crippen LogP contribution is -2.36. The Labute approximate surface area is 146 Å². The van der Waals surface area contributed by atoms with Crippen LogP contribution in [-0.2, 0) is 5.41 Å². The highest BCUT2D eigenvalue weighted by molar-refractivity contribution is 5.54. The average molecular weight is 333 g/mol. The minimum absolute atomic E-state index is 0.202. The van der Waals surface area contributed by atoms with Crippen LogP contribution in [0.25, 0.3) is 17.5 Å². The van der Waals surface area contributed by atoms with E-state index in [-0.39, 0.29) is 5.41 Å². The van der Waals surface area contributed by atoms with Crippen molar-refractivity contribution >= 4 is 11.9 Å². The number of nitrogens with one attached hydrogen (secondary N) is 1. The second-order valence-corrected chi connectivity index (χ2v) is 6.22. The molecular weight excluding hydrogens is 314 g/mol. The molecule has 6 nitrogen and oxygen atoms in total. The summed E-state index contributed by atoms with van der Waals surface area (Å²) in [6.07, 6.45) is 8.51. The van der Waals surface area contributed by atoms with Gasteiger partial charge in [0.05, 0.1) is 16.7 Å². The van der Waals surface area contributed by atoms with Crippen molar-refractivity contribution in [2.45, 2.75) is 24.7 Å². The van der Waals surface area contributed by atoms with Crippen LogP contribution in [0.2, 0.25) is 0 Å². The van der Waals surface area contributed by atoms with Crippen LogP contribution >= 0.6 is 0 Å². The van der Waals surface area contributed by atoms with Crippen LogP contribution in [0.4, 0.5) is 5.82 Å². The van der Waals surface area contributed by atoms with Gasteiger partial charge in [-0.15, -0.1) is 0 Å². The van der Waals surface area contributed by atoms with Gasteiger partial charge in [0, 0.05) is 19.4 Å². The fourth-order valence-electron chi connectivity index (χ4n) is 3.18. The molecule has 3 heterocycles. The van der Waals surface area contributed by atoms with Gasteiger partial charge >= 0.3 is 0 Å². The van der Waals surface area contributed by atoms with Crippen molar-refractivity contribution in [2.75, 3.05) is 12.4 Å². The van der Waals surface area contributed by atoms with Gasteiger partial charge < -0.3 is 9.84 Å². The number of aromatic nitrogens is 4. The molecule has 4 rings (SSSR count). The van der Waals surface area contributed by atoms with Gasteiger partial charge in [0.1, 0.15) is 5.82 Å². The molecule has 0 amide bonds. The first-order chi connectivity index (χ1) is 12.2. The third kappa shape index (κ3) is 2.59. The molecule has 0 spiro atoms. The Kier molecular flexibility index (Phi) is 3.80. The molecule has 1 fully saturated rings. The number of pyridine rings is 2. The third-order valence-corrected chi connectivity index (χ3v) is 4.88. The number of rotatable bonds is 5. The van der Waals surface area contributed by atoms with Crippen molar-refractivity contribution in [3.8, 4) is 11.5 Å². The van der Waals surface area contributed by atoms with Gasteiger partial charge in [0.2, 0.25) is 0 Å². The molecule has 0 aliphatic heterocycles. The smallest absolute Gasteiger partial charge is 0.259 e. The number of hydrogen-bond acceptors (Lipinski definition) is 6. The second-order valence-electron chi connectivity index (χ2n) is 6.22. The summed E-state index contributed by atoms with van der Waals surface area (Å²) in [5.41, 5.74) is 2.60. The van der Waals surface area contributed by atoms with Gasteiger partial charge in [-0.3, -0.25) is 4.98 Å². The lowest BCUT2D eigenvalue weighted by molar-refractivity contribution is 0.272. The number of anilines is 1. The van der Waals surface area contributed by atoms with Crippen molar-refractivity contribution in [1.82, 2.24) is 20.1 Å². The molecule has 25 heavy (non-hydrogen) atoms. The molecule has 3 aromatic heterocycles. The normalized spacial score (nSPS) is 15.4. The Morgan fingerprint density at radius 1 is 1.16 bits per heavy atom. The first kappa shape index (κ1) is 15.5. The van der Waals surface area contributed by atoms with Crippen molar-refractivity contribution in [1.29, 1.82) is 0 Å². The summed E-state index contributed by atoms with van der Waals surface area (Å²) in [6.45, 7) is 3.75. The van der Waals surface area contributed by atoms with E-state index in [1.165, 1.54) is 0 Å². The summed E-state index contributed by atoms with van der Waals surface area (Å²) in [5, 5.41) is 7.26. The van der Waals surface area contributed by atoms with Gasteiger partial charge in [0.15, 0.2) is 5.82 Å². The summed E-state index contributed by atoms with van der Waals surface area (Å²) >= 11 is 0. The van der Waals surface area contributed by atoms with Crippen LogP contribution in [0, 0.1) is 0 Å². The Hall–Kier alpha value is -3.02. The topological polar surface area (TPSA) is 76.7 Å². The summed E-state index contributed by atoms with van der Waals surface area (Å²) in [6, 6.07) is 7.87. The fraction of sp³-hybridized carbons (Fsp3) is 0.263. The molecule has 1 saturated carbocycles. The molecule has 0 atom stereocenters. The van der Waals surface area contributed by atoms with E-state index < -0.39 is 0 Å². The van der Waals surface area contributed by atoms with Crippen LogP contribution in [0.15, 0.2) is 47.8 Å². The molecule has 0 unspecified atom stereocenters. The van der Waals surface area contributed by atoms with E-state index in [0.29, 0.717) is 5.89 Å². The van der Waals surface area contributed by atoms with Crippen molar-refractivity contribution in [3.63, 3.8) is 0 Å². The number of nitrogens with zero attached hydrogens (tertiary/aromatic N) is 4. The van der Waals surface area contributed by atoms with Gasteiger partial charge in [-0.1, -0.05) is 24.2 Å². The predicted molar refractivity (Wildman–Crippen MR) is 96.0 cm³/mol. The van der Waals surface area contributed by atoms with E-state index in [4.69, 9.17) is 4.52 Å². The molecule has 1 aliphatic rings. The molecular formula is C19H19N5O. The highest BCUT2D eigenvalue weighted by Crippen LogP contribution is 2.47. The Morgan fingerprint density at radius 3 is 2.60 bits per heavy atom. The van der Waals surface area contributed by atoms with Crippen LogP contribution in [-0.4, -0.2) is 27.2 Å². The van der Waals surface area contributed by atoms with Gasteiger partial charge in [0.25, 0.3) is 5.89 Å². The van der Waals surface area contributed by atoms with E-state index in [2.05, 4.69) is 38.1 Å². The minimum atomic E-state index is -0.202. The lowest BCUT2D eigenvalue weighted by atomic mass is 9.64. The maximum absolute atomic E-state index is 5.51. The lowest BCUT2D eigenvalue weighted by Gasteiger charge is -2.39. The Balaban J connectivity index is 1.67. The predicted octanol–water partition coefficient (Wildman–Crippen LogP) is 3.68. The highest BCUT2D eigenvalue weighted by atomic mass is 16.5. The molecule has 3 aromatic rings. The molecule has 0 saturated heterocycles. The quantitative estimate of drug-likeness (QED) is 0.767. The first-order valence-corrected chi connectivity index (χ1v) is 8.32. The van der Waals surface area contributed by atoms with E-state index in [1.807, 2.05) is 31.4 Å². The molecule has 0 bridgehead atoms. The Morgan fingerprint density at radius 2 is 2.04 bits per heavy atom.